The summed E-state index contributed by atoms with van der Waals surface area (Å²) in [6.07, 6.45) is 5.97. The highest BCUT2D eigenvalue weighted by molar-refractivity contribution is 6.00. The van der Waals surface area contributed by atoms with Crippen molar-refractivity contribution in [1.29, 1.82) is 0 Å². The van der Waals surface area contributed by atoms with Gasteiger partial charge in [-0.15, -0.1) is 0 Å². The first-order chi connectivity index (χ1) is 18.9. The Bertz CT molecular complexity index is 1430. The number of carboxylic acid groups (broad SMARTS) is 1. The molecule has 1 aromatic heterocycles. The van der Waals surface area contributed by atoms with Crippen molar-refractivity contribution in [2.75, 3.05) is 44.2 Å². The van der Waals surface area contributed by atoms with Crippen LogP contribution in [0.5, 0.6) is 0 Å². The number of benzene rings is 2. The topological polar surface area (TPSA) is 86.1 Å². The lowest BCUT2D eigenvalue weighted by atomic mass is 9.81. The maximum absolute atomic E-state index is 13.4. The molecule has 2 aromatic carbocycles. The number of carbonyl (C=O) groups excluding carboxylic acids is 2. The molecule has 8 heteroatoms. The summed E-state index contributed by atoms with van der Waals surface area (Å²) in [5.41, 5.74) is 5.94. The third-order valence-corrected chi connectivity index (χ3v) is 8.86. The largest absolute Gasteiger partial charge is 0.478 e. The molecule has 2 fully saturated rings. The first-order valence-corrected chi connectivity index (χ1v) is 14.2. The lowest BCUT2D eigenvalue weighted by Crippen LogP contribution is -2.52. The molecule has 0 spiro atoms. The second-order valence-electron chi connectivity index (χ2n) is 11.1. The Morgan fingerprint density at radius 3 is 2.31 bits per heavy atom. The van der Waals surface area contributed by atoms with Crippen molar-refractivity contribution in [3.05, 3.63) is 53.6 Å². The number of hydrogen-bond donors (Lipinski definition) is 1. The molecule has 0 unspecified atom stereocenters. The lowest BCUT2D eigenvalue weighted by molar-refractivity contribution is -0.137. The molecule has 0 bridgehead atoms. The van der Waals surface area contributed by atoms with Gasteiger partial charge in [0.25, 0.3) is 0 Å². The quantitative estimate of drug-likeness (QED) is 0.536. The smallest absolute Gasteiger partial charge is 0.335 e. The summed E-state index contributed by atoms with van der Waals surface area (Å²) in [7, 11) is 0. The van der Waals surface area contributed by atoms with E-state index in [0.717, 1.165) is 35.0 Å². The fourth-order valence-electron chi connectivity index (χ4n) is 6.83. The minimum Gasteiger partial charge on any atom is -0.478 e. The van der Waals surface area contributed by atoms with Gasteiger partial charge in [0.05, 0.1) is 17.8 Å². The second kappa shape index (κ2) is 10.4. The van der Waals surface area contributed by atoms with E-state index >= 15 is 0 Å². The van der Waals surface area contributed by atoms with Crippen molar-refractivity contribution in [2.45, 2.75) is 51.5 Å². The van der Waals surface area contributed by atoms with E-state index in [-0.39, 0.29) is 18.4 Å². The van der Waals surface area contributed by atoms with E-state index in [9.17, 15) is 19.5 Å². The highest BCUT2D eigenvalue weighted by atomic mass is 16.4. The average molecular weight is 529 g/mol. The summed E-state index contributed by atoms with van der Waals surface area (Å²) in [5.74, 6) is -0.354. The molecule has 3 aliphatic rings. The maximum atomic E-state index is 13.4. The van der Waals surface area contributed by atoms with Crippen LogP contribution in [-0.2, 0) is 16.1 Å². The number of carboxylic acids is 1. The summed E-state index contributed by atoms with van der Waals surface area (Å²) in [4.78, 5) is 42.9. The SMILES string of the molecule is CC(=O)N1CCN(C(=O)CN2CCn3c(c(C4CCCCC4)c4ccc(C(=O)O)cc43)-c3ccccc32)CC1. The van der Waals surface area contributed by atoms with E-state index in [0.29, 0.717) is 50.7 Å². The Balaban J connectivity index is 1.39. The Morgan fingerprint density at radius 2 is 1.59 bits per heavy atom. The number of anilines is 1. The number of nitrogens with zero attached hydrogens (tertiary/aromatic N) is 4. The minimum atomic E-state index is -0.919. The molecule has 1 saturated heterocycles. The summed E-state index contributed by atoms with van der Waals surface area (Å²) in [6.45, 7) is 5.43. The van der Waals surface area contributed by atoms with Gasteiger partial charge in [-0.1, -0.05) is 43.5 Å². The molecular weight excluding hydrogens is 492 g/mol. The van der Waals surface area contributed by atoms with Crippen LogP contribution >= 0.6 is 0 Å². The molecule has 2 amide bonds. The first kappa shape index (κ1) is 25.5. The van der Waals surface area contributed by atoms with E-state index in [1.54, 1.807) is 17.9 Å². The predicted octanol–water partition coefficient (Wildman–Crippen LogP) is 4.56. The van der Waals surface area contributed by atoms with Crippen LogP contribution in [0, 0.1) is 0 Å². The molecule has 204 valence electrons. The minimum absolute atomic E-state index is 0.0533. The number of aromatic nitrogens is 1. The summed E-state index contributed by atoms with van der Waals surface area (Å²) < 4.78 is 2.31. The molecule has 1 aliphatic carbocycles. The third kappa shape index (κ3) is 4.66. The van der Waals surface area contributed by atoms with Crippen molar-refractivity contribution in [1.82, 2.24) is 14.4 Å². The van der Waals surface area contributed by atoms with Gasteiger partial charge in [-0.25, -0.2) is 4.79 Å². The van der Waals surface area contributed by atoms with Crippen LogP contribution in [0.1, 0.15) is 60.9 Å². The highest BCUT2D eigenvalue weighted by Crippen LogP contribution is 2.47. The highest BCUT2D eigenvalue weighted by Gasteiger charge is 2.32. The van der Waals surface area contributed by atoms with Crippen LogP contribution in [0.2, 0.25) is 0 Å². The Morgan fingerprint density at radius 1 is 0.872 bits per heavy atom. The molecule has 8 nitrogen and oxygen atoms in total. The van der Waals surface area contributed by atoms with Crippen molar-refractivity contribution in [2.24, 2.45) is 0 Å². The Kier molecular flexibility index (Phi) is 6.79. The number of fused-ring (bicyclic) bond motifs is 5. The van der Waals surface area contributed by atoms with E-state index in [4.69, 9.17) is 0 Å². The van der Waals surface area contributed by atoms with Gasteiger partial charge in [0.1, 0.15) is 0 Å². The van der Waals surface area contributed by atoms with Gasteiger partial charge < -0.3 is 24.4 Å². The zero-order valence-corrected chi connectivity index (χ0v) is 22.6. The number of amides is 2. The fourth-order valence-corrected chi connectivity index (χ4v) is 6.83. The summed E-state index contributed by atoms with van der Waals surface area (Å²) >= 11 is 0. The summed E-state index contributed by atoms with van der Waals surface area (Å²) in [6, 6.07) is 13.9. The van der Waals surface area contributed by atoms with Gasteiger partial charge in [0.15, 0.2) is 0 Å². The van der Waals surface area contributed by atoms with Gasteiger partial charge in [-0.3, -0.25) is 9.59 Å². The Hall–Kier alpha value is -3.81. The van der Waals surface area contributed by atoms with Gasteiger partial charge in [-0.2, -0.15) is 0 Å². The van der Waals surface area contributed by atoms with Gasteiger partial charge >= 0.3 is 5.97 Å². The number of aromatic carboxylic acids is 1. The van der Waals surface area contributed by atoms with Crippen LogP contribution < -0.4 is 4.90 Å². The molecule has 0 radical (unpaired) electrons. The summed E-state index contributed by atoms with van der Waals surface area (Å²) in [5, 5.41) is 10.9. The maximum Gasteiger partial charge on any atom is 0.335 e. The van der Waals surface area contributed by atoms with Crippen molar-refractivity contribution in [3.8, 4) is 11.3 Å². The number of rotatable bonds is 4. The fraction of sp³-hybridized carbons (Fsp3) is 0.452. The monoisotopic (exact) mass is 528 g/mol. The van der Waals surface area contributed by atoms with E-state index in [1.807, 2.05) is 23.1 Å². The van der Waals surface area contributed by atoms with E-state index in [2.05, 4.69) is 27.7 Å². The van der Waals surface area contributed by atoms with Crippen LogP contribution in [0.15, 0.2) is 42.5 Å². The van der Waals surface area contributed by atoms with E-state index in [1.165, 1.54) is 30.5 Å². The molecule has 3 aromatic rings. The first-order valence-electron chi connectivity index (χ1n) is 14.2. The van der Waals surface area contributed by atoms with Crippen LogP contribution in [-0.4, -0.2) is 76.5 Å². The third-order valence-electron chi connectivity index (χ3n) is 8.86. The van der Waals surface area contributed by atoms with Crippen molar-refractivity contribution >= 4 is 34.4 Å². The average Bonchev–Trinajstić information content (AvgIpc) is 3.20. The van der Waals surface area contributed by atoms with Crippen LogP contribution in [0.4, 0.5) is 5.69 Å². The lowest BCUT2D eigenvalue weighted by Gasteiger charge is -2.35. The number of para-hydroxylation sites is 1. The van der Waals surface area contributed by atoms with Crippen molar-refractivity contribution < 1.29 is 19.5 Å². The predicted molar refractivity (Wildman–Crippen MR) is 151 cm³/mol. The van der Waals surface area contributed by atoms with E-state index < -0.39 is 5.97 Å². The zero-order valence-electron chi connectivity index (χ0n) is 22.6. The molecule has 6 rings (SSSR count). The van der Waals surface area contributed by atoms with Gasteiger partial charge in [0, 0.05) is 68.3 Å². The zero-order chi connectivity index (χ0) is 27.1. The molecule has 1 saturated carbocycles. The van der Waals surface area contributed by atoms with Crippen LogP contribution in [0.3, 0.4) is 0 Å². The number of piperazine rings is 1. The standard InChI is InChI=1S/C31H36N4O4/c1-21(36)32-13-15-33(16-14-32)28(37)20-34-17-18-35-27-19-23(31(38)39)11-12-24(27)29(22-7-3-2-4-8-22)30(35)25-9-5-6-10-26(25)34/h5-6,9-12,19,22H,2-4,7-8,13-18,20H2,1H3,(H,38,39). The van der Waals surface area contributed by atoms with Gasteiger partial charge in [-0.05, 0) is 42.5 Å². The number of carbonyl (C=O) groups is 3. The van der Waals surface area contributed by atoms with Gasteiger partial charge in [0.2, 0.25) is 11.8 Å². The second-order valence-corrected chi connectivity index (χ2v) is 11.1. The molecule has 0 atom stereocenters. The molecule has 2 aliphatic heterocycles. The van der Waals surface area contributed by atoms with Crippen molar-refractivity contribution in [3.63, 3.8) is 0 Å². The number of hydrogen-bond acceptors (Lipinski definition) is 4. The molecule has 3 heterocycles. The Labute approximate surface area is 228 Å². The van der Waals surface area contributed by atoms with Crippen LogP contribution in [0.25, 0.3) is 22.2 Å². The molecule has 1 N–H and O–H groups in total. The normalized spacial score (nSPS) is 18.0. The molecule has 39 heavy (non-hydrogen) atoms. The molecular formula is C31H36N4O4.